The van der Waals surface area contributed by atoms with Gasteiger partial charge in [0, 0.05) is 21.2 Å². The minimum atomic E-state index is -1.09. The van der Waals surface area contributed by atoms with Crippen LogP contribution in [0.1, 0.15) is 23.7 Å². The van der Waals surface area contributed by atoms with Gasteiger partial charge in [-0.05, 0) is 24.3 Å². The average Bonchev–Trinajstić information content (AvgIpc) is 2.87. The first-order valence-corrected chi connectivity index (χ1v) is 9.68. The highest BCUT2D eigenvalue weighted by molar-refractivity contribution is 6.30. The average molecular weight is 427 g/mol. The zero-order valence-electron chi connectivity index (χ0n) is 14.8. The molecule has 0 saturated carbocycles. The van der Waals surface area contributed by atoms with E-state index in [9.17, 15) is 10.2 Å². The quantitative estimate of drug-likeness (QED) is 0.767. The lowest BCUT2D eigenvalue weighted by atomic mass is 10.0. The van der Waals surface area contributed by atoms with Crippen molar-refractivity contribution in [3.05, 3.63) is 69.7 Å². The molecule has 2 fully saturated rings. The lowest BCUT2D eigenvalue weighted by Crippen LogP contribution is -2.50. The highest BCUT2D eigenvalue weighted by Gasteiger charge is 2.43. The second-order valence-corrected chi connectivity index (χ2v) is 7.64. The summed E-state index contributed by atoms with van der Waals surface area (Å²) in [6.45, 7) is -0.0137. The molecule has 2 heterocycles. The maximum Gasteiger partial charge on any atom is 0.184 e. The van der Waals surface area contributed by atoms with Crippen molar-refractivity contribution in [1.82, 2.24) is 0 Å². The Morgan fingerprint density at radius 3 is 1.79 bits per heavy atom. The van der Waals surface area contributed by atoms with Crippen LogP contribution >= 0.6 is 23.2 Å². The van der Waals surface area contributed by atoms with Gasteiger partial charge >= 0.3 is 0 Å². The topological polar surface area (TPSA) is 77.4 Å². The fraction of sp³-hybridized carbons (Fsp3) is 0.400. The van der Waals surface area contributed by atoms with Crippen LogP contribution in [0.3, 0.4) is 0 Å². The number of benzene rings is 2. The lowest BCUT2D eigenvalue weighted by molar-refractivity contribution is -0.252. The largest absolute Gasteiger partial charge is 0.388 e. The molecule has 0 aromatic heterocycles. The van der Waals surface area contributed by atoms with Crippen molar-refractivity contribution in [2.24, 2.45) is 0 Å². The van der Waals surface area contributed by atoms with Crippen LogP contribution in [0.15, 0.2) is 48.5 Å². The molecule has 2 saturated heterocycles. The first-order chi connectivity index (χ1) is 13.5. The Morgan fingerprint density at radius 2 is 1.21 bits per heavy atom. The number of fused-ring (bicyclic) bond motifs is 2. The summed E-state index contributed by atoms with van der Waals surface area (Å²) in [5.74, 6) is 0. The van der Waals surface area contributed by atoms with Gasteiger partial charge in [0.15, 0.2) is 12.6 Å². The van der Waals surface area contributed by atoms with Gasteiger partial charge in [0.25, 0.3) is 0 Å². The van der Waals surface area contributed by atoms with E-state index >= 15 is 0 Å². The molecule has 2 bridgehead atoms. The van der Waals surface area contributed by atoms with E-state index in [1.54, 1.807) is 48.5 Å². The van der Waals surface area contributed by atoms with Crippen LogP contribution in [0.2, 0.25) is 10.0 Å². The molecule has 6 nitrogen and oxygen atoms in total. The molecule has 6 atom stereocenters. The van der Waals surface area contributed by atoms with E-state index in [1.165, 1.54) is 0 Å². The standard InChI is InChI=1S/C20H20Cl2O6/c21-13-5-1-11(2-6-13)19-25-9-15(23)18-17(24)16(27-19)10-26-20(28-18)12-3-7-14(22)8-4-12/h1-8,15-20,23-24H,9-10H2/t15-,16+,17-,18-,19?,20?/m0/s1. The van der Waals surface area contributed by atoms with Gasteiger partial charge in [0.05, 0.1) is 13.2 Å². The van der Waals surface area contributed by atoms with E-state index < -0.39 is 37.0 Å². The summed E-state index contributed by atoms with van der Waals surface area (Å²) in [5.41, 5.74) is 1.45. The molecule has 0 radical (unpaired) electrons. The molecular weight excluding hydrogens is 407 g/mol. The molecule has 0 amide bonds. The minimum absolute atomic E-state index is 0.0606. The Morgan fingerprint density at radius 1 is 0.714 bits per heavy atom. The van der Waals surface area contributed by atoms with Gasteiger partial charge in [0.1, 0.15) is 24.4 Å². The molecule has 2 aliphatic rings. The van der Waals surface area contributed by atoms with Crippen molar-refractivity contribution in [3.63, 3.8) is 0 Å². The van der Waals surface area contributed by atoms with E-state index in [-0.39, 0.29) is 13.2 Å². The summed E-state index contributed by atoms with van der Waals surface area (Å²) in [7, 11) is 0. The summed E-state index contributed by atoms with van der Waals surface area (Å²) in [6.07, 6.45) is -5.38. The van der Waals surface area contributed by atoms with Gasteiger partial charge < -0.3 is 29.2 Å². The molecule has 0 aliphatic carbocycles. The predicted molar refractivity (Wildman–Crippen MR) is 102 cm³/mol. The normalized spacial score (nSPS) is 33.6. The second kappa shape index (κ2) is 8.65. The molecule has 2 aromatic rings. The van der Waals surface area contributed by atoms with E-state index in [1.807, 2.05) is 0 Å². The number of rotatable bonds is 2. The molecule has 2 N–H and O–H groups in total. The molecule has 28 heavy (non-hydrogen) atoms. The second-order valence-electron chi connectivity index (χ2n) is 6.77. The molecule has 0 spiro atoms. The zero-order chi connectivity index (χ0) is 19.7. The Hall–Kier alpha value is -1.22. The van der Waals surface area contributed by atoms with Crippen LogP contribution in [0.4, 0.5) is 0 Å². The van der Waals surface area contributed by atoms with Crippen molar-refractivity contribution in [3.8, 4) is 0 Å². The van der Waals surface area contributed by atoms with Crippen LogP contribution in [0, 0.1) is 0 Å². The minimum Gasteiger partial charge on any atom is -0.388 e. The van der Waals surface area contributed by atoms with Crippen LogP contribution in [0.25, 0.3) is 0 Å². The summed E-state index contributed by atoms with van der Waals surface area (Å²) < 4.78 is 23.4. The summed E-state index contributed by atoms with van der Waals surface area (Å²) in [4.78, 5) is 0. The summed E-state index contributed by atoms with van der Waals surface area (Å²) in [5, 5.41) is 22.5. The molecule has 2 aromatic carbocycles. The Labute approximate surface area is 172 Å². The molecule has 4 rings (SSSR count). The van der Waals surface area contributed by atoms with Crippen molar-refractivity contribution in [1.29, 1.82) is 0 Å². The van der Waals surface area contributed by atoms with Crippen molar-refractivity contribution in [2.45, 2.75) is 37.0 Å². The predicted octanol–water partition coefficient (Wildman–Crippen LogP) is 3.24. The molecule has 8 heteroatoms. The van der Waals surface area contributed by atoms with Crippen LogP contribution < -0.4 is 0 Å². The highest BCUT2D eigenvalue weighted by atomic mass is 35.5. The van der Waals surface area contributed by atoms with E-state index in [0.29, 0.717) is 10.0 Å². The molecule has 150 valence electrons. The van der Waals surface area contributed by atoms with Crippen molar-refractivity contribution < 1.29 is 29.2 Å². The van der Waals surface area contributed by atoms with Gasteiger partial charge in [-0.3, -0.25) is 0 Å². The molecule has 2 unspecified atom stereocenters. The zero-order valence-corrected chi connectivity index (χ0v) is 16.3. The number of hydrogen-bond donors (Lipinski definition) is 2. The fourth-order valence-electron chi connectivity index (χ4n) is 3.26. The van der Waals surface area contributed by atoms with E-state index in [0.717, 1.165) is 11.1 Å². The summed E-state index contributed by atoms with van der Waals surface area (Å²) >= 11 is 11.9. The van der Waals surface area contributed by atoms with Crippen LogP contribution in [-0.2, 0) is 18.9 Å². The first-order valence-electron chi connectivity index (χ1n) is 8.92. The van der Waals surface area contributed by atoms with Crippen molar-refractivity contribution in [2.75, 3.05) is 13.2 Å². The number of aliphatic hydroxyl groups is 2. The van der Waals surface area contributed by atoms with Gasteiger partial charge in [-0.2, -0.15) is 0 Å². The first kappa shape index (κ1) is 20.1. The smallest absolute Gasteiger partial charge is 0.184 e. The Bertz CT molecular complexity index is 741. The number of aliphatic hydroxyl groups excluding tert-OH is 2. The van der Waals surface area contributed by atoms with E-state index in [4.69, 9.17) is 42.1 Å². The molecular formula is C20H20Cl2O6. The number of ether oxygens (including phenoxy) is 4. The van der Waals surface area contributed by atoms with Crippen molar-refractivity contribution >= 4 is 23.2 Å². The fourth-order valence-corrected chi connectivity index (χ4v) is 3.51. The Kier molecular flexibility index (Phi) is 6.20. The Balaban J connectivity index is 1.57. The van der Waals surface area contributed by atoms with Gasteiger partial charge in [-0.15, -0.1) is 0 Å². The van der Waals surface area contributed by atoms with E-state index in [2.05, 4.69) is 0 Å². The SMILES string of the molecule is O[C@@H]1[C@H]2OC(c3ccc(Cl)cc3)OC[C@H]1OC(c1ccc(Cl)cc1)OC[C@@H]2O. The molecule has 2 aliphatic heterocycles. The summed E-state index contributed by atoms with van der Waals surface area (Å²) in [6, 6.07) is 14.0. The number of halogens is 2. The third-order valence-electron chi connectivity index (χ3n) is 4.79. The highest BCUT2D eigenvalue weighted by Crippen LogP contribution is 2.34. The van der Waals surface area contributed by atoms with Gasteiger partial charge in [0.2, 0.25) is 0 Å². The third-order valence-corrected chi connectivity index (χ3v) is 5.29. The number of hydrogen-bond acceptors (Lipinski definition) is 6. The monoisotopic (exact) mass is 426 g/mol. The van der Waals surface area contributed by atoms with Crippen LogP contribution in [-0.4, -0.2) is 47.8 Å². The maximum atomic E-state index is 10.8. The van der Waals surface area contributed by atoms with Gasteiger partial charge in [-0.25, -0.2) is 0 Å². The third kappa shape index (κ3) is 4.35. The maximum absolute atomic E-state index is 10.8. The van der Waals surface area contributed by atoms with Crippen LogP contribution in [0.5, 0.6) is 0 Å². The van der Waals surface area contributed by atoms with Gasteiger partial charge in [-0.1, -0.05) is 47.5 Å². The lowest BCUT2D eigenvalue weighted by Gasteiger charge is -2.35.